The van der Waals surface area contributed by atoms with Gasteiger partial charge in [-0.1, -0.05) is 34.1 Å². The zero-order valence-electron chi connectivity index (χ0n) is 11.6. The SMILES string of the molecule is CCOC(=O)C1(c2ccccc2Br)CC1CN(C)C. The van der Waals surface area contributed by atoms with Gasteiger partial charge in [0, 0.05) is 11.0 Å². The zero-order chi connectivity index (χ0) is 14.0. The van der Waals surface area contributed by atoms with Gasteiger partial charge >= 0.3 is 5.97 Å². The molecule has 1 aromatic carbocycles. The van der Waals surface area contributed by atoms with E-state index in [-0.39, 0.29) is 5.97 Å². The maximum Gasteiger partial charge on any atom is 0.316 e. The van der Waals surface area contributed by atoms with Crippen molar-refractivity contribution in [2.24, 2.45) is 5.92 Å². The molecule has 2 atom stereocenters. The van der Waals surface area contributed by atoms with Gasteiger partial charge in [-0.15, -0.1) is 0 Å². The molecule has 0 N–H and O–H groups in total. The minimum Gasteiger partial charge on any atom is -0.465 e. The van der Waals surface area contributed by atoms with Crippen LogP contribution < -0.4 is 0 Å². The molecule has 0 amide bonds. The Kier molecular flexibility index (Phi) is 4.31. The third-order valence-electron chi connectivity index (χ3n) is 3.68. The van der Waals surface area contributed by atoms with Crippen LogP contribution in [0.25, 0.3) is 0 Å². The summed E-state index contributed by atoms with van der Waals surface area (Å²) in [5, 5.41) is 0. The zero-order valence-corrected chi connectivity index (χ0v) is 13.2. The van der Waals surface area contributed by atoms with Gasteiger partial charge in [-0.25, -0.2) is 0 Å². The van der Waals surface area contributed by atoms with E-state index in [1.54, 1.807) is 0 Å². The highest BCUT2D eigenvalue weighted by Crippen LogP contribution is 2.57. The smallest absolute Gasteiger partial charge is 0.316 e. The molecular weight excluding hydrogens is 306 g/mol. The van der Waals surface area contributed by atoms with E-state index in [1.165, 1.54) is 0 Å². The Labute approximate surface area is 123 Å². The standard InChI is InChI=1S/C15H20BrNO2/c1-4-19-14(18)15(9-11(15)10-17(2)3)12-7-5-6-8-13(12)16/h5-8,11H,4,9-10H2,1-3H3. The van der Waals surface area contributed by atoms with E-state index in [4.69, 9.17) is 4.74 Å². The molecule has 104 valence electrons. The second-order valence-corrected chi connectivity index (χ2v) is 6.19. The van der Waals surface area contributed by atoms with Gasteiger partial charge in [0.2, 0.25) is 0 Å². The predicted molar refractivity (Wildman–Crippen MR) is 79.1 cm³/mol. The summed E-state index contributed by atoms with van der Waals surface area (Å²) >= 11 is 3.56. The van der Waals surface area contributed by atoms with Gasteiger partial charge in [0.25, 0.3) is 0 Å². The average molecular weight is 326 g/mol. The number of benzene rings is 1. The van der Waals surface area contributed by atoms with Crippen molar-refractivity contribution >= 4 is 21.9 Å². The highest BCUT2D eigenvalue weighted by molar-refractivity contribution is 9.10. The number of nitrogens with zero attached hydrogens (tertiary/aromatic N) is 1. The molecule has 1 aromatic rings. The number of carbonyl (C=O) groups excluding carboxylic acids is 1. The van der Waals surface area contributed by atoms with Crippen molar-refractivity contribution in [1.29, 1.82) is 0 Å². The second-order valence-electron chi connectivity index (χ2n) is 5.33. The molecule has 0 heterocycles. The van der Waals surface area contributed by atoms with E-state index in [2.05, 4.69) is 20.8 Å². The van der Waals surface area contributed by atoms with E-state index < -0.39 is 5.41 Å². The van der Waals surface area contributed by atoms with Crippen LogP contribution in [0.2, 0.25) is 0 Å². The van der Waals surface area contributed by atoms with Crippen LogP contribution in [0.1, 0.15) is 18.9 Å². The first-order valence-corrected chi connectivity index (χ1v) is 7.38. The molecule has 0 aromatic heterocycles. The molecule has 4 heteroatoms. The summed E-state index contributed by atoms with van der Waals surface area (Å²) < 4.78 is 6.30. The number of hydrogen-bond acceptors (Lipinski definition) is 3. The van der Waals surface area contributed by atoms with Crippen LogP contribution in [0.4, 0.5) is 0 Å². The number of carbonyl (C=O) groups is 1. The largest absolute Gasteiger partial charge is 0.465 e. The van der Waals surface area contributed by atoms with E-state index in [9.17, 15) is 4.79 Å². The van der Waals surface area contributed by atoms with Gasteiger partial charge in [-0.3, -0.25) is 4.79 Å². The molecule has 0 saturated heterocycles. The van der Waals surface area contributed by atoms with Crippen LogP contribution in [0, 0.1) is 5.92 Å². The lowest BCUT2D eigenvalue weighted by atomic mass is 9.93. The first-order valence-electron chi connectivity index (χ1n) is 6.59. The lowest BCUT2D eigenvalue weighted by Gasteiger charge is -2.19. The molecule has 3 nitrogen and oxygen atoms in total. The fourth-order valence-corrected chi connectivity index (χ4v) is 3.40. The molecule has 1 saturated carbocycles. The molecule has 0 bridgehead atoms. The molecule has 1 aliphatic rings. The van der Waals surface area contributed by atoms with Crippen LogP contribution in [0.3, 0.4) is 0 Å². The quantitative estimate of drug-likeness (QED) is 0.780. The summed E-state index contributed by atoms with van der Waals surface area (Å²) in [7, 11) is 4.07. The number of rotatable bonds is 5. The third-order valence-corrected chi connectivity index (χ3v) is 4.38. The highest BCUT2D eigenvalue weighted by Gasteiger charge is 2.62. The number of halogens is 1. The second kappa shape index (κ2) is 5.63. The molecule has 2 unspecified atom stereocenters. The highest BCUT2D eigenvalue weighted by atomic mass is 79.9. The molecule has 1 fully saturated rings. The Balaban J connectivity index is 2.33. The van der Waals surface area contributed by atoms with E-state index in [1.807, 2.05) is 45.3 Å². The molecule has 0 radical (unpaired) electrons. The Hall–Kier alpha value is -0.870. The van der Waals surface area contributed by atoms with Crippen molar-refractivity contribution in [3.8, 4) is 0 Å². The van der Waals surface area contributed by atoms with E-state index in [0.29, 0.717) is 12.5 Å². The van der Waals surface area contributed by atoms with E-state index >= 15 is 0 Å². The van der Waals surface area contributed by atoms with Crippen LogP contribution in [-0.4, -0.2) is 38.1 Å². The number of ether oxygens (including phenoxy) is 1. The van der Waals surface area contributed by atoms with E-state index in [0.717, 1.165) is 23.0 Å². The summed E-state index contributed by atoms with van der Waals surface area (Å²) in [5.74, 6) is 0.244. The van der Waals surface area contributed by atoms with Gasteiger partial charge in [0.05, 0.1) is 12.0 Å². The number of esters is 1. The van der Waals surface area contributed by atoms with Crippen molar-refractivity contribution in [3.63, 3.8) is 0 Å². The predicted octanol–water partition coefficient (Wildman–Crippen LogP) is 2.83. The molecule has 19 heavy (non-hydrogen) atoms. The summed E-state index contributed by atoms with van der Waals surface area (Å²) in [6, 6.07) is 7.96. The van der Waals surface area contributed by atoms with Gasteiger partial charge in [-0.05, 0) is 45.0 Å². The Morgan fingerprint density at radius 1 is 1.47 bits per heavy atom. The van der Waals surface area contributed by atoms with Crippen molar-refractivity contribution in [3.05, 3.63) is 34.3 Å². The van der Waals surface area contributed by atoms with Gasteiger partial charge < -0.3 is 9.64 Å². The molecule has 0 aliphatic heterocycles. The fraction of sp³-hybridized carbons (Fsp3) is 0.533. The number of hydrogen-bond donors (Lipinski definition) is 0. The average Bonchev–Trinajstić information content (AvgIpc) is 3.04. The van der Waals surface area contributed by atoms with Crippen LogP contribution in [0.15, 0.2) is 28.7 Å². The minimum absolute atomic E-state index is 0.0891. The van der Waals surface area contributed by atoms with Crippen LogP contribution >= 0.6 is 15.9 Å². The molecular formula is C15H20BrNO2. The summed E-state index contributed by atoms with van der Waals surface area (Å²) in [6.07, 6.45) is 0.868. The topological polar surface area (TPSA) is 29.5 Å². The third kappa shape index (κ3) is 2.70. The molecule has 2 rings (SSSR count). The minimum atomic E-state index is -0.458. The van der Waals surface area contributed by atoms with Crippen molar-refractivity contribution in [2.45, 2.75) is 18.8 Å². The lowest BCUT2D eigenvalue weighted by Crippen LogP contribution is -2.29. The van der Waals surface area contributed by atoms with Gasteiger partial charge in [0.1, 0.15) is 0 Å². The van der Waals surface area contributed by atoms with Gasteiger partial charge in [-0.2, -0.15) is 0 Å². The first-order chi connectivity index (χ1) is 9.02. The maximum absolute atomic E-state index is 12.4. The van der Waals surface area contributed by atoms with Crippen molar-refractivity contribution in [1.82, 2.24) is 4.90 Å². The Morgan fingerprint density at radius 2 is 2.16 bits per heavy atom. The Bertz CT molecular complexity index is 475. The fourth-order valence-electron chi connectivity index (χ4n) is 2.76. The van der Waals surface area contributed by atoms with Crippen molar-refractivity contribution < 1.29 is 9.53 Å². The monoisotopic (exact) mass is 325 g/mol. The van der Waals surface area contributed by atoms with Crippen molar-refractivity contribution in [2.75, 3.05) is 27.2 Å². The summed E-state index contributed by atoms with van der Waals surface area (Å²) in [4.78, 5) is 14.5. The molecule has 0 spiro atoms. The lowest BCUT2D eigenvalue weighted by molar-refractivity contribution is -0.146. The van der Waals surface area contributed by atoms with Crippen LogP contribution in [-0.2, 0) is 14.9 Å². The summed E-state index contributed by atoms with van der Waals surface area (Å²) in [5.41, 5.74) is 0.598. The Morgan fingerprint density at radius 3 is 2.74 bits per heavy atom. The maximum atomic E-state index is 12.4. The molecule has 1 aliphatic carbocycles. The first kappa shape index (κ1) is 14.5. The summed E-state index contributed by atoms with van der Waals surface area (Å²) in [6.45, 7) is 3.19. The van der Waals surface area contributed by atoms with Crippen LogP contribution in [0.5, 0.6) is 0 Å². The van der Waals surface area contributed by atoms with Gasteiger partial charge in [0.15, 0.2) is 0 Å². The normalized spacial score (nSPS) is 25.4.